The molecule has 0 saturated heterocycles. The third kappa shape index (κ3) is 3.77. The lowest BCUT2D eigenvalue weighted by Gasteiger charge is -2.07. The Balaban J connectivity index is 1.51. The molecule has 3 heterocycles. The van der Waals surface area contributed by atoms with Crippen LogP contribution in [0.4, 0.5) is 5.82 Å². The highest BCUT2D eigenvalue weighted by molar-refractivity contribution is 5.60. The number of aromatic nitrogens is 5. The number of nitrogens with one attached hydrogen (secondary N) is 2. The van der Waals surface area contributed by atoms with Crippen molar-refractivity contribution in [1.82, 2.24) is 24.7 Å². The Morgan fingerprint density at radius 1 is 1.07 bits per heavy atom. The molecular formula is C20H18N6O. The summed E-state index contributed by atoms with van der Waals surface area (Å²) >= 11 is 0. The van der Waals surface area contributed by atoms with Gasteiger partial charge in [-0.15, -0.1) is 0 Å². The SMILES string of the molecule is O=c1c(-c2cccnc2)c[nH]n1-c1cc(NCCc2ccccc2)ncn1. The molecule has 0 aliphatic rings. The quantitative estimate of drug-likeness (QED) is 0.553. The molecule has 0 fully saturated rings. The number of nitrogens with zero attached hydrogens (tertiary/aromatic N) is 4. The largest absolute Gasteiger partial charge is 0.370 e. The lowest BCUT2D eigenvalue weighted by Crippen LogP contribution is -2.17. The van der Waals surface area contributed by atoms with E-state index >= 15 is 0 Å². The van der Waals surface area contributed by atoms with Crippen molar-refractivity contribution >= 4 is 5.82 Å². The van der Waals surface area contributed by atoms with E-state index in [-0.39, 0.29) is 5.56 Å². The number of benzene rings is 1. The van der Waals surface area contributed by atoms with Crippen LogP contribution in [0.2, 0.25) is 0 Å². The molecule has 0 spiro atoms. The number of rotatable bonds is 6. The van der Waals surface area contributed by atoms with Crippen LogP contribution in [0.5, 0.6) is 0 Å². The maximum Gasteiger partial charge on any atom is 0.280 e. The Morgan fingerprint density at radius 3 is 2.78 bits per heavy atom. The van der Waals surface area contributed by atoms with Gasteiger partial charge in [0, 0.05) is 36.8 Å². The van der Waals surface area contributed by atoms with Crippen LogP contribution in [-0.2, 0) is 6.42 Å². The minimum absolute atomic E-state index is 0.183. The molecule has 0 bridgehead atoms. The summed E-state index contributed by atoms with van der Waals surface area (Å²) in [6.07, 6.45) is 7.31. The number of H-pyrrole nitrogens is 1. The smallest absolute Gasteiger partial charge is 0.280 e. The van der Waals surface area contributed by atoms with E-state index in [1.165, 1.54) is 16.6 Å². The summed E-state index contributed by atoms with van der Waals surface area (Å²) in [7, 11) is 0. The Morgan fingerprint density at radius 2 is 1.96 bits per heavy atom. The fourth-order valence-corrected chi connectivity index (χ4v) is 2.81. The fraction of sp³-hybridized carbons (Fsp3) is 0.100. The van der Waals surface area contributed by atoms with Crippen LogP contribution < -0.4 is 10.9 Å². The minimum atomic E-state index is -0.183. The molecule has 0 saturated carbocycles. The van der Waals surface area contributed by atoms with Gasteiger partial charge in [0.1, 0.15) is 12.1 Å². The molecule has 0 unspecified atom stereocenters. The van der Waals surface area contributed by atoms with Crippen molar-refractivity contribution in [3.63, 3.8) is 0 Å². The molecule has 0 atom stereocenters. The fourth-order valence-electron chi connectivity index (χ4n) is 2.81. The third-order valence-corrected chi connectivity index (χ3v) is 4.19. The van der Waals surface area contributed by atoms with Crippen LogP contribution in [0.3, 0.4) is 0 Å². The van der Waals surface area contributed by atoms with Crippen molar-refractivity contribution in [2.75, 3.05) is 11.9 Å². The molecular weight excluding hydrogens is 340 g/mol. The van der Waals surface area contributed by atoms with E-state index in [1.807, 2.05) is 24.3 Å². The molecule has 0 radical (unpaired) electrons. The van der Waals surface area contributed by atoms with Crippen LogP contribution in [0.1, 0.15) is 5.56 Å². The van der Waals surface area contributed by atoms with Gasteiger partial charge in [-0.2, -0.15) is 0 Å². The van der Waals surface area contributed by atoms with Gasteiger partial charge in [0.25, 0.3) is 5.56 Å². The second-order valence-electron chi connectivity index (χ2n) is 5.99. The summed E-state index contributed by atoms with van der Waals surface area (Å²) in [6.45, 7) is 0.737. The van der Waals surface area contributed by atoms with E-state index in [0.717, 1.165) is 18.5 Å². The summed E-state index contributed by atoms with van der Waals surface area (Å²) in [4.78, 5) is 25.2. The third-order valence-electron chi connectivity index (χ3n) is 4.19. The second-order valence-corrected chi connectivity index (χ2v) is 5.99. The Bertz CT molecular complexity index is 1070. The monoisotopic (exact) mass is 358 g/mol. The average Bonchev–Trinajstić information content (AvgIpc) is 3.11. The van der Waals surface area contributed by atoms with E-state index < -0.39 is 0 Å². The normalized spacial score (nSPS) is 10.7. The summed E-state index contributed by atoms with van der Waals surface area (Å²) in [5, 5.41) is 6.23. The van der Waals surface area contributed by atoms with E-state index in [9.17, 15) is 4.79 Å². The molecule has 0 aliphatic carbocycles. The molecule has 4 rings (SSSR count). The van der Waals surface area contributed by atoms with Crippen molar-refractivity contribution < 1.29 is 0 Å². The van der Waals surface area contributed by atoms with E-state index in [4.69, 9.17) is 0 Å². The summed E-state index contributed by atoms with van der Waals surface area (Å²) in [6, 6.07) is 15.6. The zero-order chi connectivity index (χ0) is 18.5. The Hall–Kier alpha value is -3.74. The van der Waals surface area contributed by atoms with Crippen LogP contribution >= 0.6 is 0 Å². The highest BCUT2D eigenvalue weighted by Gasteiger charge is 2.11. The predicted molar refractivity (Wildman–Crippen MR) is 104 cm³/mol. The number of anilines is 1. The van der Waals surface area contributed by atoms with E-state index in [2.05, 4.69) is 37.5 Å². The minimum Gasteiger partial charge on any atom is -0.370 e. The van der Waals surface area contributed by atoms with Crippen molar-refractivity contribution in [1.29, 1.82) is 0 Å². The van der Waals surface area contributed by atoms with Gasteiger partial charge in [-0.1, -0.05) is 36.4 Å². The van der Waals surface area contributed by atoms with E-state index in [1.54, 1.807) is 30.7 Å². The summed E-state index contributed by atoms with van der Waals surface area (Å²) in [5.41, 5.74) is 2.37. The summed E-state index contributed by atoms with van der Waals surface area (Å²) < 4.78 is 1.40. The molecule has 0 aliphatic heterocycles. The van der Waals surface area contributed by atoms with Gasteiger partial charge in [0.15, 0.2) is 5.82 Å². The number of hydrogen-bond acceptors (Lipinski definition) is 5. The van der Waals surface area contributed by atoms with Crippen LogP contribution in [-0.4, -0.2) is 31.3 Å². The average molecular weight is 358 g/mol. The first-order valence-corrected chi connectivity index (χ1v) is 8.62. The van der Waals surface area contributed by atoms with Gasteiger partial charge in [-0.05, 0) is 18.1 Å². The molecule has 1 aromatic carbocycles. The van der Waals surface area contributed by atoms with Gasteiger partial charge in [0.2, 0.25) is 0 Å². The zero-order valence-electron chi connectivity index (χ0n) is 14.5. The maximum absolute atomic E-state index is 12.7. The topological polar surface area (TPSA) is 88.5 Å². The van der Waals surface area contributed by atoms with Crippen molar-refractivity contribution in [3.8, 4) is 16.9 Å². The molecule has 7 nitrogen and oxygen atoms in total. The van der Waals surface area contributed by atoms with Crippen LogP contribution in [0.25, 0.3) is 16.9 Å². The van der Waals surface area contributed by atoms with E-state index in [0.29, 0.717) is 17.2 Å². The number of aromatic amines is 1. The lowest BCUT2D eigenvalue weighted by atomic mass is 10.1. The predicted octanol–water partition coefficient (Wildman–Crippen LogP) is 2.67. The molecule has 27 heavy (non-hydrogen) atoms. The van der Waals surface area contributed by atoms with Gasteiger partial charge in [0.05, 0.1) is 5.56 Å². The Kier molecular flexibility index (Phi) is 4.74. The molecule has 4 aromatic rings. The van der Waals surface area contributed by atoms with Gasteiger partial charge >= 0.3 is 0 Å². The number of pyridine rings is 1. The number of hydrogen-bond donors (Lipinski definition) is 2. The first-order valence-electron chi connectivity index (χ1n) is 8.62. The Labute approximate surface area is 155 Å². The van der Waals surface area contributed by atoms with Crippen LogP contribution in [0, 0.1) is 0 Å². The first-order chi connectivity index (χ1) is 13.3. The van der Waals surface area contributed by atoms with Gasteiger partial charge in [-0.3, -0.25) is 14.9 Å². The molecule has 7 heteroatoms. The van der Waals surface area contributed by atoms with Crippen molar-refractivity contribution in [2.24, 2.45) is 0 Å². The zero-order valence-corrected chi connectivity index (χ0v) is 14.5. The second kappa shape index (κ2) is 7.65. The lowest BCUT2D eigenvalue weighted by molar-refractivity contribution is 0.812. The van der Waals surface area contributed by atoms with Crippen molar-refractivity contribution in [2.45, 2.75) is 6.42 Å². The first kappa shape index (κ1) is 16.7. The summed E-state index contributed by atoms with van der Waals surface area (Å²) in [5.74, 6) is 1.15. The molecule has 134 valence electrons. The molecule has 3 aromatic heterocycles. The highest BCUT2D eigenvalue weighted by atomic mass is 16.1. The van der Waals surface area contributed by atoms with Gasteiger partial charge in [-0.25, -0.2) is 14.6 Å². The maximum atomic E-state index is 12.7. The van der Waals surface area contributed by atoms with Gasteiger partial charge < -0.3 is 5.32 Å². The molecule has 0 amide bonds. The highest BCUT2D eigenvalue weighted by Crippen LogP contribution is 2.14. The molecule has 2 N–H and O–H groups in total. The van der Waals surface area contributed by atoms with Crippen molar-refractivity contribution in [3.05, 3.63) is 89.4 Å². The standard InChI is InChI=1S/C20H18N6O/c27-20-17(16-7-4-9-21-12-16)13-25-26(20)19-11-18(23-14-24-19)22-10-8-15-5-2-1-3-6-15/h1-7,9,11-14,25H,8,10H2,(H,22,23,24). The van der Waals surface area contributed by atoms with Crippen LogP contribution in [0.15, 0.2) is 78.2 Å².